The Kier molecular flexibility index (Phi) is 8.87. The molecule has 2 rings (SSSR count). The van der Waals surface area contributed by atoms with Gasteiger partial charge in [0.25, 0.3) is 10.0 Å². The van der Waals surface area contributed by atoms with Gasteiger partial charge in [0.15, 0.2) is 5.96 Å². The van der Waals surface area contributed by atoms with E-state index in [-0.39, 0.29) is 0 Å². The van der Waals surface area contributed by atoms with Crippen molar-refractivity contribution in [2.24, 2.45) is 4.99 Å². The molecule has 0 fully saturated rings. The standard InChI is InChI=1S/C18H29N5O2S3/c1-5-23(6-2)28(24,25)17-8-7-15(27-17)9-11-20-18(19-4)21-12-10-16-22-13-14(3)26-16/h7-8,13H,5-6,9-12H2,1-4H3,(H2,19,20,21). The zero-order chi connectivity index (χ0) is 20.6. The highest BCUT2D eigenvalue weighted by atomic mass is 32.2. The van der Waals surface area contributed by atoms with Crippen LogP contribution in [0, 0.1) is 6.92 Å². The first-order valence-electron chi connectivity index (χ1n) is 9.35. The van der Waals surface area contributed by atoms with Crippen LogP contribution in [0.5, 0.6) is 0 Å². The SMILES string of the molecule is CCN(CC)S(=O)(=O)c1ccc(CCNC(=NC)NCCc2ncc(C)s2)s1. The molecule has 0 saturated carbocycles. The zero-order valence-corrected chi connectivity index (χ0v) is 19.3. The van der Waals surface area contributed by atoms with Crippen LogP contribution in [0.3, 0.4) is 0 Å². The van der Waals surface area contributed by atoms with Crippen molar-refractivity contribution in [3.63, 3.8) is 0 Å². The number of aromatic nitrogens is 1. The molecule has 0 saturated heterocycles. The topological polar surface area (TPSA) is 86.7 Å². The van der Waals surface area contributed by atoms with Crippen molar-refractivity contribution in [2.75, 3.05) is 33.2 Å². The predicted octanol–water partition coefficient (Wildman–Crippen LogP) is 2.49. The van der Waals surface area contributed by atoms with Crippen molar-refractivity contribution in [1.82, 2.24) is 19.9 Å². The highest BCUT2D eigenvalue weighted by molar-refractivity contribution is 7.91. The van der Waals surface area contributed by atoms with Crippen molar-refractivity contribution in [1.29, 1.82) is 0 Å². The summed E-state index contributed by atoms with van der Waals surface area (Å²) in [6.45, 7) is 8.17. The molecule has 0 aliphatic rings. The van der Waals surface area contributed by atoms with Gasteiger partial charge in [-0.15, -0.1) is 22.7 Å². The number of thiophene rings is 1. The molecule has 2 aromatic rings. The molecule has 0 amide bonds. The van der Waals surface area contributed by atoms with E-state index in [0.29, 0.717) is 23.8 Å². The minimum absolute atomic E-state index is 0.410. The fourth-order valence-corrected chi connectivity index (χ4v) is 6.41. The maximum absolute atomic E-state index is 12.6. The van der Waals surface area contributed by atoms with E-state index >= 15 is 0 Å². The molecule has 0 spiro atoms. The van der Waals surface area contributed by atoms with E-state index < -0.39 is 10.0 Å². The van der Waals surface area contributed by atoms with Crippen LogP contribution < -0.4 is 10.6 Å². The first-order chi connectivity index (χ1) is 13.4. The van der Waals surface area contributed by atoms with Gasteiger partial charge in [0, 0.05) is 55.6 Å². The van der Waals surface area contributed by atoms with Gasteiger partial charge in [-0.05, 0) is 25.5 Å². The summed E-state index contributed by atoms with van der Waals surface area (Å²) >= 11 is 3.05. The Balaban J connectivity index is 1.79. The van der Waals surface area contributed by atoms with Gasteiger partial charge in [-0.3, -0.25) is 4.99 Å². The summed E-state index contributed by atoms with van der Waals surface area (Å²) < 4.78 is 27.0. The molecule has 0 aromatic carbocycles. The number of hydrogen-bond acceptors (Lipinski definition) is 6. The molecule has 7 nitrogen and oxygen atoms in total. The number of hydrogen-bond donors (Lipinski definition) is 2. The zero-order valence-electron chi connectivity index (χ0n) is 16.9. The fraction of sp³-hybridized carbons (Fsp3) is 0.556. The number of thiazole rings is 1. The smallest absolute Gasteiger partial charge is 0.252 e. The Morgan fingerprint density at radius 2 is 1.82 bits per heavy atom. The Bertz CT molecular complexity index is 869. The van der Waals surface area contributed by atoms with Gasteiger partial charge in [-0.1, -0.05) is 13.8 Å². The number of nitrogens with one attached hydrogen (secondary N) is 2. The molecule has 2 aromatic heterocycles. The lowest BCUT2D eigenvalue weighted by molar-refractivity contribution is 0.447. The average molecular weight is 444 g/mol. The molecule has 28 heavy (non-hydrogen) atoms. The number of nitrogens with zero attached hydrogens (tertiary/aromatic N) is 3. The van der Waals surface area contributed by atoms with Crippen LogP contribution in [-0.2, 0) is 22.9 Å². The van der Waals surface area contributed by atoms with E-state index in [9.17, 15) is 8.42 Å². The quantitative estimate of drug-likeness (QED) is 0.435. The van der Waals surface area contributed by atoms with Gasteiger partial charge in [0.2, 0.25) is 0 Å². The Hall–Kier alpha value is -1.49. The predicted molar refractivity (Wildman–Crippen MR) is 118 cm³/mol. The van der Waals surface area contributed by atoms with Crippen LogP contribution in [0.25, 0.3) is 0 Å². The highest BCUT2D eigenvalue weighted by Crippen LogP contribution is 2.25. The molecule has 2 heterocycles. The molecule has 10 heteroatoms. The summed E-state index contributed by atoms with van der Waals surface area (Å²) in [5.41, 5.74) is 0. The molecule has 0 bridgehead atoms. The van der Waals surface area contributed by atoms with Crippen LogP contribution in [0.1, 0.15) is 28.6 Å². The summed E-state index contributed by atoms with van der Waals surface area (Å²) in [4.78, 5) is 10.8. The van der Waals surface area contributed by atoms with Gasteiger partial charge in [-0.2, -0.15) is 4.31 Å². The summed E-state index contributed by atoms with van der Waals surface area (Å²) in [6.07, 6.45) is 3.49. The largest absolute Gasteiger partial charge is 0.356 e. The van der Waals surface area contributed by atoms with Crippen LogP contribution in [0.4, 0.5) is 0 Å². The second kappa shape index (κ2) is 10.9. The lowest BCUT2D eigenvalue weighted by Gasteiger charge is -2.16. The number of guanidine groups is 1. The molecule has 0 aliphatic carbocycles. The third-order valence-electron chi connectivity index (χ3n) is 4.12. The van der Waals surface area contributed by atoms with Gasteiger partial charge in [0.05, 0.1) is 5.01 Å². The van der Waals surface area contributed by atoms with Crippen LogP contribution in [-0.4, -0.2) is 56.9 Å². The second-order valence-corrected chi connectivity index (χ2v) is 10.8. The highest BCUT2D eigenvalue weighted by Gasteiger charge is 2.23. The van der Waals surface area contributed by atoms with Crippen molar-refractivity contribution in [2.45, 2.75) is 37.8 Å². The summed E-state index contributed by atoms with van der Waals surface area (Å²) in [5.74, 6) is 0.737. The minimum Gasteiger partial charge on any atom is -0.356 e. The molecular weight excluding hydrogens is 414 g/mol. The van der Waals surface area contributed by atoms with E-state index in [2.05, 4.69) is 27.5 Å². The van der Waals surface area contributed by atoms with Crippen molar-refractivity contribution < 1.29 is 8.42 Å². The first kappa shape index (κ1) is 22.8. The number of aryl methyl sites for hydroxylation is 1. The van der Waals surface area contributed by atoms with E-state index in [1.54, 1.807) is 24.5 Å². The monoisotopic (exact) mass is 443 g/mol. The number of rotatable bonds is 10. The van der Waals surface area contributed by atoms with Crippen LogP contribution >= 0.6 is 22.7 Å². The van der Waals surface area contributed by atoms with Crippen molar-refractivity contribution in [3.8, 4) is 0 Å². The van der Waals surface area contributed by atoms with E-state index in [4.69, 9.17) is 0 Å². The Morgan fingerprint density at radius 1 is 1.14 bits per heavy atom. The average Bonchev–Trinajstić information content (AvgIpc) is 3.30. The van der Waals surface area contributed by atoms with E-state index in [1.165, 1.54) is 20.5 Å². The molecule has 0 atom stereocenters. The fourth-order valence-electron chi connectivity index (χ4n) is 2.65. The lowest BCUT2D eigenvalue weighted by Crippen LogP contribution is -2.39. The van der Waals surface area contributed by atoms with E-state index in [0.717, 1.165) is 35.2 Å². The maximum atomic E-state index is 12.6. The number of aliphatic imine (C=N–C) groups is 1. The number of sulfonamides is 1. The summed E-state index contributed by atoms with van der Waals surface area (Å²) in [5, 5.41) is 7.66. The molecule has 0 aliphatic heterocycles. The van der Waals surface area contributed by atoms with Crippen molar-refractivity contribution >= 4 is 38.7 Å². The molecule has 0 unspecified atom stereocenters. The van der Waals surface area contributed by atoms with E-state index in [1.807, 2.05) is 26.1 Å². The minimum atomic E-state index is -3.37. The second-order valence-electron chi connectivity index (χ2n) is 6.10. The lowest BCUT2D eigenvalue weighted by atomic mass is 10.3. The maximum Gasteiger partial charge on any atom is 0.252 e. The molecule has 156 valence electrons. The van der Waals surface area contributed by atoms with Crippen molar-refractivity contribution in [3.05, 3.63) is 33.1 Å². The van der Waals surface area contributed by atoms with Gasteiger partial charge < -0.3 is 10.6 Å². The van der Waals surface area contributed by atoms with Gasteiger partial charge in [0.1, 0.15) is 4.21 Å². The molecule has 2 N–H and O–H groups in total. The third-order valence-corrected chi connectivity index (χ3v) is 8.76. The third kappa shape index (κ3) is 6.26. The summed E-state index contributed by atoms with van der Waals surface area (Å²) in [6, 6.07) is 3.60. The molecular formula is C18H29N5O2S3. The normalized spacial score (nSPS) is 12.5. The van der Waals surface area contributed by atoms with Crippen LogP contribution in [0.2, 0.25) is 0 Å². The Labute approximate surface area is 176 Å². The molecule has 0 radical (unpaired) electrons. The Morgan fingerprint density at radius 3 is 2.39 bits per heavy atom. The van der Waals surface area contributed by atoms with Gasteiger partial charge in [-0.25, -0.2) is 13.4 Å². The van der Waals surface area contributed by atoms with Gasteiger partial charge >= 0.3 is 0 Å². The van der Waals surface area contributed by atoms with Crippen LogP contribution in [0.15, 0.2) is 27.5 Å². The summed E-state index contributed by atoms with van der Waals surface area (Å²) in [7, 11) is -1.63. The first-order valence-corrected chi connectivity index (χ1v) is 12.4.